The van der Waals surface area contributed by atoms with Gasteiger partial charge in [-0.25, -0.2) is 0 Å². The number of hydrogen-bond acceptors (Lipinski definition) is 2. The van der Waals surface area contributed by atoms with Crippen LogP contribution in [0.4, 0.5) is 0 Å². The number of thioether (sulfide) groups is 1. The molecule has 0 radical (unpaired) electrons. The predicted octanol–water partition coefficient (Wildman–Crippen LogP) is 2.24. The molecule has 0 bridgehead atoms. The van der Waals surface area contributed by atoms with Crippen LogP contribution in [0.15, 0.2) is 11.1 Å². The highest BCUT2D eigenvalue weighted by Crippen LogP contribution is 2.09. The van der Waals surface area contributed by atoms with Crippen LogP contribution in [0, 0.1) is 0 Å². The van der Waals surface area contributed by atoms with Crippen molar-refractivity contribution >= 4 is 23.4 Å². The van der Waals surface area contributed by atoms with E-state index < -0.39 is 0 Å². The van der Waals surface area contributed by atoms with Crippen molar-refractivity contribution in [2.75, 3.05) is 11.5 Å². The van der Waals surface area contributed by atoms with Crippen LogP contribution in [0.2, 0.25) is 0 Å². The van der Waals surface area contributed by atoms with Gasteiger partial charge in [-0.1, -0.05) is 17.2 Å². The number of halogens is 1. The number of hydrogen-bond donors (Lipinski definition) is 1. The van der Waals surface area contributed by atoms with E-state index in [1.807, 2.05) is 6.92 Å². The molecule has 0 aromatic rings. The maximum atomic E-state index is 8.86. The molecule has 0 amide bonds. The van der Waals surface area contributed by atoms with Gasteiger partial charge >= 0.3 is 0 Å². The SMILES string of the molecule is C/C(=C\Cl)CSCC(C)O. The molecule has 0 saturated heterocycles. The third kappa shape index (κ3) is 6.46. The zero-order valence-electron chi connectivity index (χ0n) is 6.30. The molecule has 0 aliphatic rings. The van der Waals surface area contributed by atoms with E-state index in [4.69, 9.17) is 16.7 Å². The lowest BCUT2D eigenvalue weighted by Gasteiger charge is -2.02. The van der Waals surface area contributed by atoms with Crippen LogP contribution >= 0.6 is 23.4 Å². The molecule has 1 nitrogen and oxygen atoms in total. The molecule has 1 unspecified atom stereocenters. The van der Waals surface area contributed by atoms with Crippen LogP contribution in [0.3, 0.4) is 0 Å². The van der Waals surface area contributed by atoms with Gasteiger partial charge in [-0.05, 0) is 13.8 Å². The van der Waals surface area contributed by atoms with Crippen molar-refractivity contribution in [1.82, 2.24) is 0 Å². The summed E-state index contributed by atoms with van der Waals surface area (Å²) in [6.45, 7) is 3.76. The number of aliphatic hydroxyl groups is 1. The highest BCUT2D eigenvalue weighted by Gasteiger charge is 1.95. The van der Waals surface area contributed by atoms with Crippen LogP contribution in [0.25, 0.3) is 0 Å². The average Bonchev–Trinajstić information content (AvgIpc) is 1.87. The third-order valence-electron chi connectivity index (χ3n) is 0.875. The number of rotatable bonds is 4. The topological polar surface area (TPSA) is 20.2 Å². The summed E-state index contributed by atoms with van der Waals surface area (Å²) in [7, 11) is 0. The van der Waals surface area contributed by atoms with E-state index in [2.05, 4.69) is 0 Å². The van der Waals surface area contributed by atoms with E-state index >= 15 is 0 Å². The minimum atomic E-state index is -0.215. The standard InChI is InChI=1S/C7H13ClOS/c1-6(3-8)4-10-5-7(2)9/h3,7,9H,4-5H2,1-2H3/b6-3+. The predicted molar refractivity (Wildman–Crippen MR) is 48.6 cm³/mol. The van der Waals surface area contributed by atoms with Crippen LogP contribution in [-0.4, -0.2) is 22.7 Å². The zero-order valence-corrected chi connectivity index (χ0v) is 7.87. The molecule has 60 valence electrons. The highest BCUT2D eigenvalue weighted by molar-refractivity contribution is 7.99. The van der Waals surface area contributed by atoms with Crippen molar-refractivity contribution < 1.29 is 5.11 Å². The molecular formula is C7H13ClOS. The van der Waals surface area contributed by atoms with Crippen molar-refractivity contribution in [3.05, 3.63) is 11.1 Å². The van der Waals surface area contributed by atoms with Gasteiger partial charge in [0.15, 0.2) is 0 Å². The first-order valence-electron chi connectivity index (χ1n) is 3.18. The Morgan fingerprint density at radius 1 is 1.80 bits per heavy atom. The summed E-state index contributed by atoms with van der Waals surface area (Å²) in [5, 5.41) is 8.86. The van der Waals surface area contributed by atoms with Crippen molar-refractivity contribution in [3.63, 3.8) is 0 Å². The Kier molecular flexibility index (Phi) is 6.28. The minimum absolute atomic E-state index is 0.215. The maximum absolute atomic E-state index is 8.86. The lowest BCUT2D eigenvalue weighted by Crippen LogP contribution is -2.03. The summed E-state index contributed by atoms with van der Waals surface area (Å²) >= 11 is 7.12. The first kappa shape index (κ1) is 10.3. The Morgan fingerprint density at radius 2 is 2.40 bits per heavy atom. The average molecular weight is 181 g/mol. The summed E-state index contributed by atoms with van der Waals surface area (Å²) in [5.41, 5.74) is 2.72. The molecule has 0 fully saturated rings. The summed E-state index contributed by atoms with van der Waals surface area (Å²) in [4.78, 5) is 0. The number of aliphatic hydroxyl groups excluding tert-OH is 1. The fourth-order valence-corrected chi connectivity index (χ4v) is 1.45. The lowest BCUT2D eigenvalue weighted by atomic mass is 10.4. The Morgan fingerprint density at radius 3 is 2.80 bits per heavy atom. The van der Waals surface area contributed by atoms with E-state index in [9.17, 15) is 0 Å². The van der Waals surface area contributed by atoms with E-state index in [1.165, 1.54) is 0 Å². The van der Waals surface area contributed by atoms with Gasteiger partial charge in [-0.3, -0.25) is 0 Å². The highest BCUT2D eigenvalue weighted by atomic mass is 35.5. The Balaban J connectivity index is 3.20. The fraction of sp³-hybridized carbons (Fsp3) is 0.714. The second kappa shape index (κ2) is 6.08. The summed E-state index contributed by atoms with van der Waals surface area (Å²) in [6, 6.07) is 0. The zero-order chi connectivity index (χ0) is 7.98. The Bertz CT molecular complexity index is 112. The molecule has 0 aromatic carbocycles. The Labute approximate surface area is 71.5 Å². The third-order valence-corrected chi connectivity index (χ3v) is 2.63. The molecule has 0 aliphatic heterocycles. The van der Waals surface area contributed by atoms with Crippen molar-refractivity contribution in [2.45, 2.75) is 20.0 Å². The van der Waals surface area contributed by atoms with Gasteiger partial charge in [0.1, 0.15) is 0 Å². The molecule has 1 atom stereocenters. The summed E-state index contributed by atoms with van der Waals surface area (Å²) in [6.07, 6.45) is -0.215. The summed E-state index contributed by atoms with van der Waals surface area (Å²) < 4.78 is 0. The molecule has 0 saturated carbocycles. The second-order valence-electron chi connectivity index (χ2n) is 2.32. The van der Waals surface area contributed by atoms with Gasteiger partial charge in [0.2, 0.25) is 0 Å². The van der Waals surface area contributed by atoms with Gasteiger partial charge in [0, 0.05) is 17.0 Å². The van der Waals surface area contributed by atoms with Gasteiger partial charge in [-0.2, -0.15) is 11.8 Å². The van der Waals surface area contributed by atoms with E-state index in [0.29, 0.717) is 0 Å². The molecule has 10 heavy (non-hydrogen) atoms. The molecule has 3 heteroatoms. The molecule has 0 spiro atoms. The molecule has 0 heterocycles. The normalized spacial score (nSPS) is 15.4. The van der Waals surface area contributed by atoms with E-state index in [0.717, 1.165) is 17.1 Å². The fourth-order valence-electron chi connectivity index (χ4n) is 0.422. The van der Waals surface area contributed by atoms with Crippen molar-refractivity contribution in [1.29, 1.82) is 0 Å². The van der Waals surface area contributed by atoms with Crippen LogP contribution in [0.5, 0.6) is 0 Å². The molecule has 0 rings (SSSR count). The van der Waals surface area contributed by atoms with Crippen LogP contribution < -0.4 is 0 Å². The first-order valence-corrected chi connectivity index (χ1v) is 4.77. The summed E-state index contributed by atoms with van der Waals surface area (Å²) in [5.74, 6) is 1.69. The molecule has 1 N–H and O–H groups in total. The van der Waals surface area contributed by atoms with E-state index in [-0.39, 0.29) is 6.10 Å². The maximum Gasteiger partial charge on any atom is 0.0602 e. The van der Waals surface area contributed by atoms with Gasteiger partial charge in [0.25, 0.3) is 0 Å². The largest absolute Gasteiger partial charge is 0.393 e. The van der Waals surface area contributed by atoms with Crippen molar-refractivity contribution in [2.24, 2.45) is 0 Å². The second-order valence-corrected chi connectivity index (χ2v) is 3.57. The van der Waals surface area contributed by atoms with Gasteiger partial charge in [0.05, 0.1) is 6.10 Å². The minimum Gasteiger partial charge on any atom is -0.393 e. The monoisotopic (exact) mass is 180 g/mol. The van der Waals surface area contributed by atoms with Crippen molar-refractivity contribution in [3.8, 4) is 0 Å². The van der Waals surface area contributed by atoms with Crippen LogP contribution in [-0.2, 0) is 0 Å². The first-order chi connectivity index (χ1) is 4.66. The quantitative estimate of drug-likeness (QED) is 0.716. The Hall–Kier alpha value is 0.340. The molecule has 0 aliphatic carbocycles. The van der Waals surface area contributed by atoms with Gasteiger partial charge < -0.3 is 5.11 Å². The van der Waals surface area contributed by atoms with Crippen LogP contribution in [0.1, 0.15) is 13.8 Å². The smallest absolute Gasteiger partial charge is 0.0602 e. The molecular weight excluding hydrogens is 168 g/mol. The lowest BCUT2D eigenvalue weighted by molar-refractivity contribution is 0.220. The van der Waals surface area contributed by atoms with E-state index in [1.54, 1.807) is 24.2 Å². The molecule has 0 aromatic heterocycles. The van der Waals surface area contributed by atoms with Gasteiger partial charge in [-0.15, -0.1) is 0 Å².